The molecule has 3 aromatic rings. The molecule has 1 amide bonds. The highest BCUT2D eigenvalue weighted by Gasteiger charge is 2.31. The number of amides is 1. The largest absolute Gasteiger partial charge is 0.416 e. The summed E-state index contributed by atoms with van der Waals surface area (Å²) in [5.74, 6) is -0.483. The SMILES string of the molecule is Cn1nccc1C(=O)Nc1ccc(S(=O)(=O)Nc2cccc(C(F)(F)F)c2)c(Cl)c1. The molecule has 0 aliphatic heterocycles. The summed E-state index contributed by atoms with van der Waals surface area (Å²) in [6, 6.07) is 8.92. The van der Waals surface area contributed by atoms with Crippen LogP contribution < -0.4 is 10.0 Å². The van der Waals surface area contributed by atoms with Gasteiger partial charge in [-0.1, -0.05) is 17.7 Å². The number of halogens is 4. The lowest BCUT2D eigenvalue weighted by Crippen LogP contribution is -2.17. The third-order valence-electron chi connectivity index (χ3n) is 3.97. The van der Waals surface area contributed by atoms with Crippen molar-refractivity contribution in [3.05, 3.63) is 71.0 Å². The Morgan fingerprint density at radius 1 is 1.10 bits per heavy atom. The van der Waals surface area contributed by atoms with E-state index in [1.165, 1.54) is 35.1 Å². The number of nitrogens with one attached hydrogen (secondary N) is 2. The van der Waals surface area contributed by atoms with Crippen molar-refractivity contribution >= 4 is 38.9 Å². The average Bonchev–Trinajstić information content (AvgIpc) is 3.07. The Hall–Kier alpha value is -3.05. The predicted octanol–water partition coefficient (Wildman–Crippen LogP) is 4.15. The van der Waals surface area contributed by atoms with Crippen molar-refractivity contribution in [1.29, 1.82) is 0 Å². The van der Waals surface area contributed by atoms with Crippen molar-refractivity contribution < 1.29 is 26.4 Å². The van der Waals surface area contributed by atoms with Gasteiger partial charge >= 0.3 is 6.18 Å². The molecule has 158 valence electrons. The predicted molar refractivity (Wildman–Crippen MR) is 105 cm³/mol. The molecule has 0 aliphatic carbocycles. The summed E-state index contributed by atoms with van der Waals surface area (Å²) in [4.78, 5) is 11.8. The van der Waals surface area contributed by atoms with Crippen LogP contribution in [0.4, 0.5) is 24.5 Å². The number of aromatic nitrogens is 2. The van der Waals surface area contributed by atoms with Crippen molar-refractivity contribution in [3.63, 3.8) is 0 Å². The van der Waals surface area contributed by atoms with E-state index in [0.717, 1.165) is 18.2 Å². The van der Waals surface area contributed by atoms with Gasteiger partial charge in [-0.25, -0.2) is 8.42 Å². The zero-order valence-corrected chi connectivity index (χ0v) is 16.8. The van der Waals surface area contributed by atoms with E-state index in [1.807, 2.05) is 0 Å². The third kappa shape index (κ3) is 4.74. The summed E-state index contributed by atoms with van der Waals surface area (Å²) in [7, 11) is -2.70. The molecular formula is C18H14ClF3N4O3S. The first-order valence-corrected chi connectivity index (χ1v) is 10.1. The van der Waals surface area contributed by atoms with Gasteiger partial charge in [0, 0.05) is 24.6 Å². The van der Waals surface area contributed by atoms with Crippen LogP contribution in [0.1, 0.15) is 16.1 Å². The Bertz CT molecular complexity index is 1210. The molecule has 0 spiro atoms. The molecule has 0 fully saturated rings. The van der Waals surface area contributed by atoms with E-state index >= 15 is 0 Å². The van der Waals surface area contributed by atoms with Crippen LogP contribution in [0.25, 0.3) is 0 Å². The molecular weight excluding hydrogens is 445 g/mol. The first-order chi connectivity index (χ1) is 14.0. The molecule has 0 saturated heterocycles. The van der Waals surface area contributed by atoms with Crippen molar-refractivity contribution in [2.24, 2.45) is 7.05 Å². The molecule has 3 rings (SSSR count). The maximum Gasteiger partial charge on any atom is 0.416 e. The number of sulfonamides is 1. The first-order valence-electron chi connectivity index (χ1n) is 8.26. The highest BCUT2D eigenvalue weighted by atomic mass is 35.5. The van der Waals surface area contributed by atoms with Gasteiger partial charge in [0.2, 0.25) is 0 Å². The quantitative estimate of drug-likeness (QED) is 0.600. The zero-order chi connectivity index (χ0) is 22.1. The van der Waals surface area contributed by atoms with Gasteiger partial charge in [-0.2, -0.15) is 18.3 Å². The third-order valence-corrected chi connectivity index (χ3v) is 5.84. The van der Waals surface area contributed by atoms with Gasteiger partial charge in [-0.05, 0) is 42.5 Å². The second-order valence-electron chi connectivity index (χ2n) is 6.12. The number of alkyl halides is 3. The van der Waals surface area contributed by atoms with Crippen molar-refractivity contribution in [3.8, 4) is 0 Å². The van der Waals surface area contributed by atoms with E-state index in [2.05, 4.69) is 15.1 Å². The number of rotatable bonds is 5. The number of hydrogen-bond acceptors (Lipinski definition) is 4. The van der Waals surface area contributed by atoms with Crippen LogP contribution in [-0.2, 0) is 23.2 Å². The molecule has 0 radical (unpaired) electrons. The second-order valence-corrected chi connectivity index (χ2v) is 8.18. The van der Waals surface area contributed by atoms with Gasteiger partial charge in [-0.15, -0.1) is 0 Å². The smallest absolute Gasteiger partial charge is 0.321 e. The lowest BCUT2D eigenvalue weighted by molar-refractivity contribution is -0.137. The maximum absolute atomic E-state index is 12.8. The van der Waals surface area contributed by atoms with Crippen LogP contribution in [0, 0.1) is 0 Å². The second kappa shape index (κ2) is 8.00. The Labute approximate surface area is 174 Å². The van der Waals surface area contributed by atoms with Crippen molar-refractivity contribution in [2.75, 3.05) is 10.0 Å². The summed E-state index contributed by atoms with van der Waals surface area (Å²) in [6.07, 6.45) is -3.18. The molecule has 0 unspecified atom stereocenters. The normalized spacial score (nSPS) is 11.9. The van der Waals surface area contributed by atoms with Crippen LogP contribution >= 0.6 is 11.6 Å². The van der Waals surface area contributed by atoms with Gasteiger partial charge < -0.3 is 5.32 Å². The summed E-state index contributed by atoms with van der Waals surface area (Å²) >= 11 is 6.06. The number of hydrogen-bond donors (Lipinski definition) is 2. The monoisotopic (exact) mass is 458 g/mol. The fourth-order valence-corrected chi connectivity index (χ4v) is 4.15. The molecule has 0 saturated carbocycles. The topological polar surface area (TPSA) is 93.1 Å². The Morgan fingerprint density at radius 3 is 2.43 bits per heavy atom. The minimum atomic E-state index is -4.62. The van der Waals surface area contributed by atoms with Crippen LogP contribution in [0.3, 0.4) is 0 Å². The maximum atomic E-state index is 12.8. The molecule has 0 atom stereocenters. The first kappa shape index (κ1) is 21.7. The van der Waals surface area contributed by atoms with Crippen LogP contribution in [0.15, 0.2) is 59.6 Å². The number of carbonyl (C=O) groups is 1. The molecule has 12 heteroatoms. The summed E-state index contributed by atoms with van der Waals surface area (Å²) in [5.41, 5.74) is -0.769. The molecule has 2 N–H and O–H groups in total. The van der Waals surface area contributed by atoms with E-state index in [0.29, 0.717) is 6.07 Å². The van der Waals surface area contributed by atoms with Crippen molar-refractivity contribution in [1.82, 2.24) is 9.78 Å². The molecule has 0 aliphatic rings. The van der Waals surface area contributed by atoms with E-state index in [9.17, 15) is 26.4 Å². The van der Waals surface area contributed by atoms with Crippen LogP contribution in [0.5, 0.6) is 0 Å². The fraction of sp³-hybridized carbons (Fsp3) is 0.111. The standard InChI is InChI=1S/C18H14ClF3N4O3S/c1-26-15(7-8-23-26)17(27)24-12-5-6-16(14(19)10-12)30(28,29)25-13-4-2-3-11(9-13)18(20,21)22/h2-10,25H,1H3,(H,24,27). The van der Waals surface area contributed by atoms with Gasteiger partial charge in [-0.3, -0.25) is 14.2 Å². The fourth-order valence-electron chi connectivity index (χ4n) is 2.56. The summed E-state index contributed by atoms with van der Waals surface area (Å²) in [5, 5.41) is 6.21. The average molecular weight is 459 g/mol. The van der Waals surface area contributed by atoms with E-state index in [1.54, 1.807) is 7.05 Å². The minimum absolute atomic E-state index is 0.225. The summed E-state index contributed by atoms with van der Waals surface area (Å²) < 4.78 is 67.0. The van der Waals surface area contributed by atoms with Gasteiger partial charge in [0.1, 0.15) is 10.6 Å². The number of carbonyl (C=O) groups excluding carboxylic acids is 1. The lowest BCUT2D eigenvalue weighted by Gasteiger charge is -2.13. The number of aryl methyl sites for hydroxylation is 1. The number of nitrogens with zero attached hydrogens (tertiary/aromatic N) is 2. The van der Waals surface area contributed by atoms with Crippen LogP contribution in [0.2, 0.25) is 5.02 Å². The van der Waals surface area contributed by atoms with Gasteiger partial charge in [0.25, 0.3) is 15.9 Å². The molecule has 7 nitrogen and oxygen atoms in total. The number of anilines is 2. The van der Waals surface area contributed by atoms with E-state index in [4.69, 9.17) is 11.6 Å². The van der Waals surface area contributed by atoms with Gasteiger partial charge in [0.05, 0.1) is 10.6 Å². The Morgan fingerprint density at radius 2 is 1.83 bits per heavy atom. The Balaban J connectivity index is 1.82. The van der Waals surface area contributed by atoms with Gasteiger partial charge in [0.15, 0.2) is 0 Å². The van der Waals surface area contributed by atoms with E-state index < -0.39 is 27.7 Å². The molecule has 1 aromatic heterocycles. The number of benzene rings is 2. The molecule has 30 heavy (non-hydrogen) atoms. The summed E-state index contributed by atoms with van der Waals surface area (Å²) in [6.45, 7) is 0. The van der Waals surface area contributed by atoms with Crippen LogP contribution in [-0.4, -0.2) is 24.1 Å². The molecule has 2 aromatic carbocycles. The highest BCUT2D eigenvalue weighted by molar-refractivity contribution is 7.92. The minimum Gasteiger partial charge on any atom is -0.321 e. The molecule has 0 bridgehead atoms. The molecule has 1 heterocycles. The Kier molecular flexibility index (Phi) is 5.77. The highest BCUT2D eigenvalue weighted by Crippen LogP contribution is 2.32. The lowest BCUT2D eigenvalue weighted by atomic mass is 10.2. The van der Waals surface area contributed by atoms with E-state index in [-0.39, 0.29) is 27.0 Å². The van der Waals surface area contributed by atoms with Crippen molar-refractivity contribution in [2.45, 2.75) is 11.1 Å². The zero-order valence-electron chi connectivity index (χ0n) is 15.2.